The third-order valence-electron chi connectivity index (χ3n) is 5.10. The summed E-state index contributed by atoms with van der Waals surface area (Å²) in [7, 11) is 1.54. The summed E-state index contributed by atoms with van der Waals surface area (Å²) in [5.74, 6) is 0.679. The number of rotatable bonds is 8. The lowest BCUT2D eigenvalue weighted by molar-refractivity contribution is 0.102. The minimum absolute atomic E-state index is 0.0655. The first-order chi connectivity index (χ1) is 16.1. The normalized spacial score (nSPS) is 10.3. The van der Waals surface area contributed by atoms with Crippen LogP contribution in [-0.4, -0.2) is 18.8 Å². The molecule has 0 aliphatic heterocycles. The molecule has 5 nitrogen and oxygen atoms in total. The molecular formula is C28H23NO4. The Kier molecular flexibility index (Phi) is 6.81. The van der Waals surface area contributed by atoms with Crippen LogP contribution < -0.4 is 14.8 Å². The lowest BCUT2D eigenvalue weighted by atomic mass is 10.0. The minimum Gasteiger partial charge on any atom is -0.493 e. The number of methoxy groups -OCH3 is 1. The second-order valence-electron chi connectivity index (χ2n) is 7.37. The van der Waals surface area contributed by atoms with E-state index in [1.165, 1.54) is 7.11 Å². The van der Waals surface area contributed by atoms with E-state index in [2.05, 4.69) is 5.32 Å². The Labute approximate surface area is 192 Å². The molecule has 4 rings (SSSR count). The van der Waals surface area contributed by atoms with Crippen molar-refractivity contribution in [2.75, 3.05) is 12.4 Å². The lowest BCUT2D eigenvalue weighted by Gasteiger charge is -2.12. The van der Waals surface area contributed by atoms with E-state index in [1.807, 2.05) is 48.5 Å². The Morgan fingerprint density at radius 1 is 0.697 bits per heavy atom. The van der Waals surface area contributed by atoms with E-state index in [0.717, 1.165) is 5.56 Å². The highest BCUT2D eigenvalue weighted by molar-refractivity contribution is 6.09. The van der Waals surface area contributed by atoms with E-state index in [4.69, 9.17) is 9.47 Å². The van der Waals surface area contributed by atoms with Crippen molar-refractivity contribution < 1.29 is 19.1 Å². The van der Waals surface area contributed by atoms with Crippen LogP contribution in [0.25, 0.3) is 0 Å². The van der Waals surface area contributed by atoms with Crippen LogP contribution in [0.1, 0.15) is 31.8 Å². The molecule has 0 bridgehead atoms. The van der Waals surface area contributed by atoms with Crippen molar-refractivity contribution in [1.82, 2.24) is 0 Å². The molecule has 0 heterocycles. The van der Waals surface area contributed by atoms with Gasteiger partial charge in [-0.3, -0.25) is 9.59 Å². The number of carbonyl (C=O) groups is 2. The smallest absolute Gasteiger partial charge is 0.255 e. The van der Waals surface area contributed by atoms with E-state index < -0.39 is 0 Å². The first-order valence-corrected chi connectivity index (χ1v) is 10.5. The Morgan fingerprint density at radius 3 is 1.97 bits per heavy atom. The number of amides is 1. The van der Waals surface area contributed by atoms with Gasteiger partial charge in [0.25, 0.3) is 5.91 Å². The molecule has 1 amide bonds. The minimum atomic E-state index is -0.287. The Bertz CT molecular complexity index is 1240. The van der Waals surface area contributed by atoms with Crippen molar-refractivity contribution in [3.05, 3.63) is 125 Å². The fourth-order valence-corrected chi connectivity index (χ4v) is 3.33. The monoisotopic (exact) mass is 437 g/mol. The van der Waals surface area contributed by atoms with Gasteiger partial charge in [-0.2, -0.15) is 0 Å². The van der Waals surface area contributed by atoms with Gasteiger partial charge in [-0.25, -0.2) is 0 Å². The second kappa shape index (κ2) is 10.3. The second-order valence-corrected chi connectivity index (χ2v) is 7.37. The van der Waals surface area contributed by atoms with Crippen molar-refractivity contribution in [2.45, 2.75) is 6.61 Å². The van der Waals surface area contributed by atoms with Crippen molar-refractivity contribution >= 4 is 17.4 Å². The van der Waals surface area contributed by atoms with Gasteiger partial charge in [0.15, 0.2) is 17.3 Å². The Balaban J connectivity index is 1.42. The standard InChI is InChI=1S/C28H23NO4/c1-32-26-18-23(14-17-25(26)33-19-20-8-4-2-5-9-20)28(31)29-24-15-12-22(13-16-24)27(30)21-10-6-3-7-11-21/h2-18H,19H2,1H3,(H,29,31). The Morgan fingerprint density at radius 2 is 1.30 bits per heavy atom. The van der Waals surface area contributed by atoms with Crippen molar-refractivity contribution in [3.8, 4) is 11.5 Å². The molecule has 0 unspecified atom stereocenters. The first-order valence-electron chi connectivity index (χ1n) is 10.5. The van der Waals surface area contributed by atoms with Gasteiger partial charge in [0.2, 0.25) is 0 Å². The third kappa shape index (κ3) is 5.46. The zero-order chi connectivity index (χ0) is 23.0. The van der Waals surface area contributed by atoms with Crippen molar-refractivity contribution in [3.63, 3.8) is 0 Å². The number of benzene rings is 4. The summed E-state index contributed by atoms with van der Waals surface area (Å²) in [6.07, 6.45) is 0. The summed E-state index contributed by atoms with van der Waals surface area (Å²) >= 11 is 0. The van der Waals surface area contributed by atoms with Gasteiger partial charge in [0.1, 0.15) is 6.61 Å². The largest absolute Gasteiger partial charge is 0.493 e. The lowest BCUT2D eigenvalue weighted by Crippen LogP contribution is -2.12. The molecule has 0 radical (unpaired) electrons. The topological polar surface area (TPSA) is 64.6 Å². The highest BCUT2D eigenvalue weighted by Crippen LogP contribution is 2.29. The molecule has 0 aromatic heterocycles. The number of anilines is 1. The van der Waals surface area contributed by atoms with Gasteiger partial charge >= 0.3 is 0 Å². The first kappa shape index (κ1) is 21.8. The zero-order valence-electron chi connectivity index (χ0n) is 18.2. The summed E-state index contributed by atoms with van der Waals surface area (Å²) in [4.78, 5) is 25.3. The summed E-state index contributed by atoms with van der Waals surface area (Å²) in [5, 5.41) is 2.85. The highest BCUT2D eigenvalue weighted by atomic mass is 16.5. The highest BCUT2D eigenvalue weighted by Gasteiger charge is 2.13. The fourth-order valence-electron chi connectivity index (χ4n) is 3.33. The summed E-state index contributed by atoms with van der Waals surface area (Å²) in [6.45, 7) is 0.400. The van der Waals surface area contributed by atoms with E-state index in [-0.39, 0.29) is 11.7 Å². The zero-order valence-corrected chi connectivity index (χ0v) is 18.2. The maximum atomic E-state index is 12.7. The SMILES string of the molecule is COc1cc(C(=O)Nc2ccc(C(=O)c3ccccc3)cc2)ccc1OCc1ccccc1. The van der Waals surface area contributed by atoms with Crippen LogP contribution in [0.2, 0.25) is 0 Å². The predicted octanol–water partition coefficient (Wildman–Crippen LogP) is 5.76. The third-order valence-corrected chi connectivity index (χ3v) is 5.10. The van der Waals surface area contributed by atoms with E-state index in [9.17, 15) is 9.59 Å². The quantitative estimate of drug-likeness (QED) is 0.356. The molecule has 5 heteroatoms. The number of hydrogen-bond donors (Lipinski definition) is 1. The van der Waals surface area contributed by atoms with Crippen LogP contribution in [0.3, 0.4) is 0 Å². The molecule has 0 aliphatic rings. The van der Waals surface area contributed by atoms with Crippen LogP contribution in [-0.2, 0) is 6.61 Å². The van der Waals surface area contributed by atoms with Crippen LogP contribution in [0.5, 0.6) is 11.5 Å². The number of nitrogens with one attached hydrogen (secondary N) is 1. The number of hydrogen-bond acceptors (Lipinski definition) is 4. The van der Waals surface area contributed by atoms with Crippen LogP contribution in [0, 0.1) is 0 Å². The molecule has 4 aromatic rings. The van der Waals surface area contributed by atoms with Crippen LogP contribution >= 0.6 is 0 Å². The molecule has 33 heavy (non-hydrogen) atoms. The molecule has 0 saturated heterocycles. The van der Waals surface area contributed by atoms with Gasteiger partial charge in [0.05, 0.1) is 7.11 Å². The molecule has 0 atom stereocenters. The van der Waals surface area contributed by atoms with E-state index in [1.54, 1.807) is 54.6 Å². The van der Waals surface area contributed by atoms with E-state index in [0.29, 0.717) is 40.5 Å². The molecule has 0 spiro atoms. The summed E-state index contributed by atoms with van der Waals surface area (Å²) < 4.78 is 11.3. The maximum Gasteiger partial charge on any atom is 0.255 e. The van der Waals surface area contributed by atoms with Crippen LogP contribution in [0.4, 0.5) is 5.69 Å². The summed E-state index contributed by atoms with van der Waals surface area (Å²) in [5.41, 5.74) is 3.24. The molecule has 0 fully saturated rings. The van der Waals surface area contributed by atoms with Gasteiger partial charge in [-0.1, -0.05) is 60.7 Å². The van der Waals surface area contributed by atoms with Crippen LogP contribution in [0.15, 0.2) is 103 Å². The predicted molar refractivity (Wildman–Crippen MR) is 128 cm³/mol. The maximum absolute atomic E-state index is 12.7. The molecule has 1 N–H and O–H groups in total. The molecular weight excluding hydrogens is 414 g/mol. The number of carbonyl (C=O) groups excluding carboxylic acids is 2. The summed E-state index contributed by atoms with van der Waals surface area (Å²) in [6, 6.07) is 30.8. The van der Waals surface area contributed by atoms with Crippen molar-refractivity contribution in [1.29, 1.82) is 0 Å². The molecule has 4 aromatic carbocycles. The van der Waals surface area contributed by atoms with Gasteiger partial charge in [-0.05, 0) is 48.0 Å². The van der Waals surface area contributed by atoms with Crippen molar-refractivity contribution in [2.24, 2.45) is 0 Å². The van der Waals surface area contributed by atoms with Gasteiger partial charge < -0.3 is 14.8 Å². The number of ketones is 1. The van der Waals surface area contributed by atoms with E-state index >= 15 is 0 Å². The number of ether oxygens (including phenoxy) is 2. The average molecular weight is 437 g/mol. The van der Waals surface area contributed by atoms with Gasteiger partial charge in [-0.15, -0.1) is 0 Å². The molecule has 0 saturated carbocycles. The molecule has 0 aliphatic carbocycles. The fraction of sp³-hybridized carbons (Fsp3) is 0.0714. The van der Waals surface area contributed by atoms with Gasteiger partial charge in [0, 0.05) is 22.4 Å². The molecule has 164 valence electrons. The average Bonchev–Trinajstić information content (AvgIpc) is 2.88. The Hall–Kier alpha value is -4.38.